The number of nitrogens with one attached hydrogen (secondary N) is 1. The van der Waals surface area contributed by atoms with E-state index < -0.39 is 11.8 Å². The molecule has 146 valence electrons. The molecule has 1 unspecified atom stereocenters. The Morgan fingerprint density at radius 2 is 2.15 bits per heavy atom. The van der Waals surface area contributed by atoms with Crippen molar-refractivity contribution >= 4 is 5.91 Å². The molecule has 27 heavy (non-hydrogen) atoms. The summed E-state index contributed by atoms with van der Waals surface area (Å²) in [6.07, 6.45) is 1.78. The highest BCUT2D eigenvalue weighted by Crippen LogP contribution is 2.33. The van der Waals surface area contributed by atoms with Gasteiger partial charge in [0, 0.05) is 19.0 Å². The molecule has 1 aliphatic heterocycles. The predicted octanol–water partition coefficient (Wildman–Crippen LogP) is 0.602. The van der Waals surface area contributed by atoms with Gasteiger partial charge in [-0.05, 0) is 25.5 Å². The van der Waals surface area contributed by atoms with E-state index in [0.717, 1.165) is 17.5 Å². The molecule has 2 heterocycles. The van der Waals surface area contributed by atoms with Gasteiger partial charge >= 0.3 is 5.69 Å². The Morgan fingerprint density at radius 3 is 2.89 bits per heavy atom. The maximum atomic E-state index is 12.9. The topological polar surface area (TPSA) is 108 Å². The molecule has 1 aliphatic rings. The summed E-state index contributed by atoms with van der Waals surface area (Å²) in [5.74, 6) is 1.41. The van der Waals surface area contributed by atoms with E-state index in [4.69, 9.17) is 9.47 Å². The zero-order valence-corrected chi connectivity index (χ0v) is 15.5. The minimum atomic E-state index is -0.656. The van der Waals surface area contributed by atoms with Crippen molar-refractivity contribution in [2.75, 3.05) is 13.3 Å². The molecule has 1 aromatic carbocycles. The molecular formula is C18H24N4O5. The van der Waals surface area contributed by atoms with Crippen LogP contribution in [0, 0.1) is 0 Å². The van der Waals surface area contributed by atoms with Crippen molar-refractivity contribution in [3.05, 3.63) is 34.5 Å². The van der Waals surface area contributed by atoms with Gasteiger partial charge < -0.3 is 19.9 Å². The smallest absolute Gasteiger partial charge is 0.351 e. The first-order chi connectivity index (χ1) is 13.0. The van der Waals surface area contributed by atoms with Crippen molar-refractivity contribution < 1.29 is 19.4 Å². The van der Waals surface area contributed by atoms with Crippen LogP contribution in [-0.2, 0) is 17.8 Å². The summed E-state index contributed by atoms with van der Waals surface area (Å²) in [5.41, 5.74) is 0.221. The molecule has 2 N–H and O–H groups in total. The maximum Gasteiger partial charge on any atom is 0.351 e. The zero-order chi connectivity index (χ0) is 19.4. The number of benzene rings is 1. The first-order valence-electron chi connectivity index (χ1n) is 9.03. The Morgan fingerprint density at radius 1 is 1.37 bits per heavy atom. The van der Waals surface area contributed by atoms with Gasteiger partial charge in [-0.1, -0.05) is 13.3 Å². The number of ether oxygens (including phenoxy) is 2. The molecule has 2 aromatic rings. The fourth-order valence-electron chi connectivity index (χ4n) is 2.79. The van der Waals surface area contributed by atoms with Gasteiger partial charge in [0.05, 0.1) is 11.8 Å². The molecule has 0 saturated heterocycles. The van der Waals surface area contributed by atoms with Gasteiger partial charge in [0.15, 0.2) is 11.5 Å². The number of aryl methyl sites for hydroxylation is 1. The molecule has 0 fully saturated rings. The second-order valence-corrected chi connectivity index (χ2v) is 6.49. The average molecular weight is 376 g/mol. The van der Waals surface area contributed by atoms with Crippen molar-refractivity contribution in [1.29, 1.82) is 0 Å². The summed E-state index contributed by atoms with van der Waals surface area (Å²) >= 11 is 0. The van der Waals surface area contributed by atoms with Crippen LogP contribution in [0.3, 0.4) is 0 Å². The third-order valence-corrected chi connectivity index (χ3v) is 4.16. The number of aliphatic hydroxyl groups is 1. The molecule has 9 heteroatoms. The van der Waals surface area contributed by atoms with Gasteiger partial charge in [0.1, 0.15) is 12.4 Å². The number of carbonyl (C=O) groups excluding carboxylic acids is 1. The lowest BCUT2D eigenvalue weighted by Gasteiger charge is -2.06. The quantitative estimate of drug-likeness (QED) is 0.699. The Bertz CT molecular complexity index is 871. The van der Waals surface area contributed by atoms with Crippen LogP contribution in [0.4, 0.5) is 0 Å². The zero-order valence-electron chi connectivity index (χ0n) is 15.5. The first-order valence-corrected chi connectivity index (χ1v) is 9.03. The predicted molar refractivity (Wildman–Crippen MR) is 97.2 cm³/mol. The number of nitrogens with zero attached hydrogens (tertiary/aromatic N) is 3. The van der Waals surface area contributed by atoms with E-state index in [1.54, 1.807) is 25.1 Å². The second kappa shape index (κ2) is 8.26. The molecule has 0 aliphatic carbocycles. The third-order valence-electron chi connectivity index (χ3n) is 4.16. The van der Waals surface area contributed by atoms with Crippen molar-refractivity contribution in [2.24, 2.45) is 0 Å². The van der Waals surface area contributed by atoms with E-state index >= 15 is 0 Å². The molecule has 1 aromatic heterocycles. The number of hydrogen-bond donors (Lipinski definition) is 2. The lowest BCUT2D eigenvalue weighted by Crippen LogP contribution is -2.36. The molecular weight excluding hydrogens is 352 g/mol. The summed E-state index contributed by atoms with van der Waals surface area (Å²) < 4.78 is 13.4. The van der Waals surface area contributed by atoms with Gasteiger partial charge in [0.2, 0.25) is 12.7 Å². The molecule has 1 atom stereocenters. The van der Waals surface area contributed by atoms with Crippen molar-refractivity contribution in [3.63, 3.8) is 0 Å². The van der Waals surface area contributed by atoms with E-state index in [-0.39, 0.29) is 25.8 Å². The fraction of sp³-hybridized carbons (Fsp3) is 0.500. The van der Waals surface area contributed by atoms with Gasteiger partial charge in [-0.2, -0.15) is 5.10 Å². The van der Waals surface area contributed by atoms with Crippen molar-refractivity contribution in [1.82, 2.24) is 19.7 Å². The lowest BCUT2D eigenvalue weighted by molar-refractivity contribution is -0.122. The fourth-order valence-corrected chi connectivity index (χ4v) is 2.79. The van der Waals surface area contributed by atoms with Crippen LogP contribution in [0.1, 0.15) is 32.5 Å². The second-order valence-electron chi connectivity index (χ2n) is 6.49. The van der Waals surface area contributed by atoms with E-state index in [9.17, 15) is 14.7 Å². The number of rotatable bonds is 8. The van der Waals surface area contributed by atoms with E-state index in [1.165, 1.54) is 4.57 Å². The molecule has 3 rings (SSSR count). The normalized spacial score (nSPS) is 13.6. The summed E-state index contributed by atoms with van der Waals surface area (Å²) in [7, 11) is 0. The summed E-state index contributed by atoms with van der Waals surface area (Å²) in [6, 6.07) is 5.25. The SMILES string of the molecule is CCCCc1nn(CC(=O)NCC(C)O)c(=O)n1-c1ccc2c(c1)OCO2. The molecule has 9 nitrogen and oxygen atoms in total. The monoisotopic (exact) mass is 376 g/mol. The Balaban J connectivity index is 1.91. The minimum Gasteiger partial charge on any atom is -0.454 e. The molecule has 0 bridgehead atoms. The largest absolute Gasteiger partial charge is 0.454 e. The minimum absolute atomic E-state index is 0.124. The van der Waals surface area contributed by atoms with Crippen LogP contribution < -0.4 is 20.5 Å². The number of unbranched alkanes of at least 4 members (excludes halogenated alkanes) is 1. The number of aromatic nitrogens is 3. The van der Waals surface area contributed by atoms with Gasteiger partial charge in [0.25, 0.3) is 0 Å². The van der Waals surface area contributed by atoms with Gasteiger partial charge in [-0.15, -0.1) is 0 Å². The average Bonchev–Trinajstić information content (AvgIpc) is 3.22. The molecule has 1 amide bonds. The van der Waals surface area contributed by atoms with Crippen LogP contribution >= 0.6 is 0 Å². The number of fused-ring (bicyclic) bond motifs is 1. The number of carbonyl (C=O) groups is 1. The standard InChI is InChI=1S/C18H24N4O5/c1-3-4-5-16-20-21(10-17(24)19-9-12(2)23)18(25)22(16)13-6-7-14-15(8-13)27-11-26-14/h6-8,12,23H,3-5,9-11H2,1-2H3,(H,19,24). The third kappa shape index (κ3) is 4.30. The first kappa shape index (κ1) is 19.0. The summed E-state index contributed by atoms with van der Waals surface area (Å²) in [5, 5.41) is 16.2. The van der Waals surface area contributed by atoms with Crippen LogP contribution in [0.2, 0.25) is 0 Å². The Hall–Kier alpha value is -2.81. The lowest BCUT2D eigenvalue weighted by atomic mass is 10.2. The van der Waals surface area contributed by atoms with Crippen LogP contribution in [0.25, 0.3) is 5.69 Å². The van der Waals surface area contributed by atoms with Crippen LogP contribution in [0.5, 0.6) is 11.5 Å². The van der Waals surface area contributed by atoms with Gasteiger partial charge in [-0.25, -0.2) is 14.0 Å². The van der Waals surface area contributed by atoms with E-state index in [2.05, 4.69) is 17.3 Å². The Kier molecular flexibility index (Phi) is 5.80. The highest BCUT2D eigenvalue weighted by Gasteiger charge is 2.20. The summed E-state index contributed by atoms with van der Waals surface area (Å²) in [4.78, 5) is 24.9. The van der Waals surface area contributed by atoms with Gasteiger partial charge in [-0.3, -0.25) is 4.79 Å². The number of aliphatic hydroxyl groups excluding tert-OH is 1. The maximum absolute atomic E-state index is 12.9. The number of hydrogen-bond acceptors (Lipinski definition) is 6. The van der Waals surface area contributed by atoms with Crippen molar-refractivity contribution in [2.45, 2.75) is 45.8 Å². The molecule has 0 spiro atoms. The van der Waals surface area contributed by atoms with E-state index in [0.29, 0.717) is 29.4 Å². The number of amides is 1. The highest BCUT2D eigenvalue weighted by molar-refractivity contribution is 5.75. The highest BCUT2D eigenvalue weighted by atomic mass is 16.7. The molecule has 0 radical (unpaired) electrons. The molecule has 0 saturated carbocycles. The van der Waals surface area contributed by atoms with Crippen LogP contribution in [-0.4, -0.2) is 44.8 Å². The summed E-state index contributed by atoms with van der Waals surface area (Å²) in [6.45, 7) is 3.70. The van der Waals surface area contributed by atoms with Crippen LogP contribution in [0.15, 0.2) is 23.0 Å². The Labute approximate surface area is 156 Å². The van der Waals surface area contributed by atoms with E-state index in [1.807, 2.05) is 0 Å². The van der Waals surface area contributed by atoms with Crippen molar-refractivity contribution in [3.8, 4) is 17.2 Å².